The molecule has 0 radical (unpaired) electrons. The second kappa shape index (κ2) is 6.48. The van der Waals surface area contributed by atoms with Crippen LogP contribution < -0.4 is 10.5 Å². The van der Waals surface area contributed by atoms with Gasteiger partial charge in [0.25, 0.3) is 0 Å². The minimum Gasteiger partial charge on any atom is -0.492 e. The normalized spacial score (nSPS) is 14.5. The highest BCUT2D eigenvalue weighted by Gasteiger charge is 2.09. The van der Waals surface area contributed by atoms with Gasteiger partial charge in [0.05, 0.1) is 12.8 Å². The number of nitrogens with two attached hydrogens (primary N) is 1. The molecule has 2 N–H and O–H groups in total. The third-order valence-corrected chi connectivity index (χ3v) is 2.50. The Hall–Kier alpha value is -1.09. The molecule has 2 atom stereocenters. The van der Waals surface area contributed by atoms with Crippen molar-refractivity contribution in [3.63, 3.8) is 0 Å². The average Bonchev–Trinajstić information content (AvgIpc) is 2.26. The van der Waals surface area contributed by atoms with Gasteiger partial charge in [0, 0.05) is 12.2 Å². The Labute approximate surface area is 98.0 Å². The van der Waals surface area contributed by atoms with Crippen LogP contribution in [0, 0.1) is 0 Å². The van der Waals surface area contributed by atoms with Crippen molar-refractivity contribution in [3.05, 3.63) is 24.0 Å². The van der Waals surface area contributed by atoms with Crippen LogP contribution in [0.5, 0.6) is 5.75 Å². The van der Waals surface area contributed by atoms with Crippen LogP contribution in [0.2, 0.25) is 0 Å². The maximum absolute atomic E-state index is 5.80. The predicted molar refractivity (Wildman–Crippen MR) is 66.7 cm³/mol. The van der Waals surface area contributed by atoms with Crippen molar-refractivity contribution < 1.29 is 4.74 Å². The van der Waals surface area contributed by atoms with Crippen LogP contribution >= 0.6 is 0 Å². The predicted octanol–water partition coefficient (Wildman–Crippen LogP) is 2.71. The van der Waals surface area contributed by atoms with E-state index in [9.17, 15) is 0 Å². The van der Waals surface area contributed by atoms with Gasteiger partial charge in [-0.1, -0.05) is 13.8 Å². The molecule has 1 heterocycles. The molecule has 0 aliphatic heterocycles. The Morgan fingerprint density at radius 3 is 2.75 bits per heavy atom. The number of aromatic nitrogens is 1. The van der Waals surface area contributed by atoms with Gasteiger partial charge < -0.3 is 10.5 Å². The Morgan fingerprint density at radius 1 is 1.38 bits per heavy atom. The summed E-state index contributed by atoms with van der Waals surface area (Å²) in [5.74, 6) is 1.29. The maximum atomic E-state index is 5.80. The molecule has 0 saturated heterocycles. The highest BCUT2D eigenvalue weighted by molar-refractivity contribution is 5.26. The van der Waals surface area contributed by atoms with E-state index < -0.39 is 0 Å². The van der Waals surface area contributed by atoms with E-state index in [-0.39, 0.29) is 6.04 Å². The molecule has 2 unspecified atom stereocenters. The fraction of sp³-hybridized carbons (Fsp3) is 0.615. The van der Waals surface area contributed by atoms with Crippen molar-refractivity contribution in [2.75, 3.05) is 6.61 Å². The van der Waals surface area contributed by atoms with Gasteiger partial charge in [-0.05, 0) is 37.3 Å². The molecular weight excluding hydrogens is 200 g/mol. The molecule has 0 aromatic carbocycles. The van der Waals surface area contributed by atoms with E-state index in [2.05, 4.69) is 24.9 Å². The van der Waals surface area contributed by atoms with Crippen LogP contribution in [0.25, 0.3) is 0 Å². The van der Waals surface area contributed by atoms with Crippen LogP contribution in [0.3, 0.4) is 0 Å². The lowest BCUT2D eigenvalue weighted by atomic mass is 9.96. The highest BCUT2D eigenvalue weighted by atomic mass is 16.5. The van der Waals surface area contributed by atoms with Gasteiger partial charge in [-0.3, -0.25) is 4.98 Å². The van der Waals surface area contributed by atoms with E-state index >= 15 is 0 Å². The van der Waals surface area contributed by atoms with Gasteiger partial charge in [0.1, 0.15) is 5.75 Å². The number of ether oxygens (including phenoxy) is 1. The average molecular weight is 222 g/mol. The molecule has 0 aliphatic rings. The van der Waals surface area contributed by atoms with Crippen molar-refractivity contribution in [2.24, 2.45) is 5.73 Å². The maximum Gasteiger partial charge on any atom is 0.137 e. The third-order valence-electron chi connectivity index (χ3n) is 2.50. The monoisotopic (exact) mass is 222 g/mol. The molecule has 1 aromatic heterocycles. The van der Waals surface area contributed by atoms with Gasteiger partial charge >= 0.3 is 0 Å². The Kier molecular flexibility index (Phi) is 5.26. The summed E-state index contributed by atoms with van der Waals surface area (Å²) in [5, 5.41) is 0. The van der Waals surface area contributed by atoms with Gasteiger partial charge in [0.15, 0.2) is 0 Å². The van der Waals surface area contributed by atoms with E-state index in [1.54, 1.807) is 6.20 Å². The van der Waals surface area contributed by atoms with Gasteiger partial charge in [-0.25, -0.2) is 0 Å². The first kappa shape index (κ1) is 13.0. The highest BCUT2D eigenvalue weighted by Crippen LogP contribution is 2.22. The van der Waals surface area contributed by atoms with Gasteiger partial charge in [-0.2, -0.15) is 0 Å². The summed E-state index contributed by atoms with van der Waals surface area (Å²) in [4.78, 5) is 4.20. The molecule has 0 bridgehead atoms. The fourth-order valence-electron chi connectivity index (χ4n) is 1.70. The van der Waals surface area contributed by atoms with E-state index in [1.165, 1.54) is 5.56 Å². The quantitative estimate of drug-likeness (QED) is 0.805. The number of hydrogen-bond donors (Lipinski definition) is 1. The molecule has 0 amide bonds. The van der Waals surface area contributed by atoms with Crippen molar-refractivity contribution in [1.82, 2.24) is 4.98 Å². The largest absolute Gasteiger partial charge is 0.492 e. The smallest absolute Gasteiger partial charge is 0.137 e. The third kappa shape index (κ3) is 4.19. The molecule has 3 nitrogen and oxygen atoms in total. The van der Waals surface area contributed by atoms with Crippen LogP contribution in [0.4, 0.5) is 0 Å². The number of nitrogens with zero attached hydrogens (tertiary/aromatic N) is 1. The number of rotatable bonds is 6. The van der Waals surface area contributed by atoms with Crippen LogP contribution in [-0.2, 0) is 0 Å². The van der Waals surface area contributed by atoms with E-state index in [1.807, 2.05) is 13.1 Å². The summed E-state index contributed by atoms with van der Waals surface area (Å²) in [5.41, 5.74) is 7.00. The minimum atomic E-state index is 0.218. The molecule has 90 valence electrons. The van der Waals surface area contributed by atoms with Crippen molar-refractivity contribution in [2.45, 2.75) is 45.6 Å². The SMILES string of the molecule is CCCOc1cncc(C(C)CC(C)N)c1. The summed E-state index contributed by atoms with van der Waals surface area (Å²) in [6.07, 6.45) is 5.64. The van der Waals surface area contributed by atoms with Crippen LogP contribution in [0.1, 0.15) is 45.1 Å². The molecule has 16 heavy (non-hydrogen) atoms. The molecule has 0 fully saturated rings. The molecule has 1 rings (SSSR count). The summed E-state index contributed by atoms with van der Waals surface area (Å²) < 4.78 is 5.56. The lowest BCUT2D eigenvalue weighted by Gasteiger charge is -2.15. The summed E-state index contributed by atoms with van der Waals surface area (Å²) in [6.45, 7) is 7.04. The second-order valence-corrected chi connectivity index (χ2v) is 4.42. The van der Waals surface area contributed by atoms with Crippen molar-refractivity contribution in [3.8, 4) is 5.75 Å². The summed E-state index contributed by atoms with van der Waals surface area (Å²) in [6, 6.07) is 2.28. The number of hydrogen-bond acceptors (Lipinski definition) is 3. The Balaban J connectivity index is 2.65. The summed E-state index contributed by atoms with van der Waals surface area (Å²) >= 11 is 0. The Bertz CT molecular complexity index is 313. The number of pyridine rings is 1. The molecule has 1 aromatic rings. The molecule has 0 spiro atoms. The minimum absolute atomic E-state index is 0.218. The van der Waals surface area contributed by atoms with Gasteiger partial charge in [0.2, 0.25) is 0 Å². The lowest BCUT2D eigenvalue weighted by Crippen LogP contribution is -2.17. The van der Waals surface area contributed by atoms with E-state index in [4.69, 9.17) is 10.5 Å². The topological polar surface area (TPSA) is 48.1 Å². The lowest BCUT2D eigenvalue weighted by molar-refractivity contribution is 0.315. The summed E-state index contributed by atoms with van der Waals surface area (Å²) in [7, 11) is 0. The fourth-order valence-corrected chi connectivity index (χ4v) is 1.70. The zero-order valence-corrected chi connectivity index (χ0v) is 10.4. The van der Waals surface area contributed by atoms with E-state index in [0.717, 1.165) is 25.2 Å². The van der Waals surface area contributed by atoms with E-state index in [0.29, 0.717) is 5.92 Å². The molecule has 0 saturated carbocycles. The van der Waals surface area contributed by atoms with Crippen LogP contribution in [0.15, 0.2) is 18.5 Å². The standard InChI is InChI=1S/C13H22N2O/c1-4-5-16-13-7-12(8-15-9-13)10(2)6-11(3)14/h7-11H,4-6,14H2,1-3H3. The van der Waals surface area contributed by atoms with Crippen molar-refractivity contribution in [1.29, 1.82) is 0 Å². The molecule has 0 aliphatic carbocycles. The molecular formula is C13H22N2O. The Morgan fingerprint density at radius 2 is 2.12 bits per heavy atom. The zero-order valence-electron chi connectivity index (χ0n) is 10.4. The first-order valence-electron chi connectivity index (χ1n) is 5.96. The van der Waals surface area contributed by atoms with Gasteiger partial charge in [-0.15, -0.1) is 0 Å². The van der Waals surface area contributed by atoms with Crippen molar-refractivity contribution >= 4 is 0 Å². The first-order chi connectivity index (χ1) is 7.63. The second-order valence-electron chi connectivity index (χ2n) is 4.42. The molecule has 3 heteroatoms. The zero-order chi connectivity index (χ0) is 12.0. The first-order valence-corrected chi connectivity index (χ1v) is 5.96. The van der Waals surface area contributed by atoms with Crippen LogP contribution in [-0.4, -0.2) is 17.6 Å².